The maximum absolute atomic E-state index is 12.2. The van der Waals surface area contributed by atoms with Crippen molar-refractivity contribution in [2.45, 2.75) is 52.6 Å². The van der Waals surface area contributed by atoms with Crippen LogP contribution in [0.5, 0.6) is 0 Å². The molecule has 1 rings (SSSR count). The third-order valence-electron chi connectivity index (χ3n) is 3.96. The van der Waals surface area contributed by atoms with E-state index in [-0.39, 0.29) is 11.9 Å². The maximum atomic E-state index is 12.2. The van der Waals surface area contributed by atoms with Crippen molar-refractivity contribution in [3.8, 4) is 0 Å². The van der Waals surface area contributed by atoms with E-state index in [2.05, 4.69) is 26.1 Å². The molecule has 0 aliphatic carbocycles. The van der Waals surface area contributed by atoms with Gasteiger partial charge in [0.1, 0.15) is 0 Å². The normalized spacial score (nSPS) is 19.9. The van der Waals surface area contributed by atoms with Crippen LogP contribution in [-0.2, 0) is 9.53 Å². The molecule has 0 radical (unpaired) electrons. The van der Waals surface area contributed by atoms with Gasteiger partial charge < -0.3 is 15.0 Å². The molecule has 2 unspecified atom stereocenters. The Bertz CT molecular complexity index is 248. The predicted molar refractivity (Wildman–Crippen MR) is 73.5 cm³/mol. The zero-order chi connectivity index (χ0) is 13.5. The summed E-state index contributed by atoms with van der Waals surface area (Å²) in [5, 5.41) is 3.45. The first kappa shape index (κ1) is 15.4. The Kier molecular flexibility index (Phi) is 6.65. The van der Waals surface area contributed by atoms with E-state index in [0.29, 0.717) is 25.2 Å². The number of rotatable bonds is 6. The highest BCUT2D eigenvalue weighted by Gasteiger charge is 2.24. The maximum Gasteiger partial charge on any atom is 0.239 e. The van der Waals surface area contributed by atoms with Crippen LogP contribution in [0.4, 0.5) is 0 Å². The standard InChI is InChI=1S/C14H28N2O2/c1-5-13(6-2)11(3)15-12(4)14(17)16-7-9-18-10-8-16/h11-13,15H,5-10H2,1-4H3. The van der Waals surface area contributed by atoms with E-state index in [9.17, 15) is 4.79 Å². The van der Waals surface area contributed by atoms with Gasteiger partial charge in [-0.3, -0.25) is 4.79 Å². The summed E-state index contributed by atoms with van der Waals surface area (Å²) in [4.78, 5) is 14.1. The van der Waals surface area contributed by atoms with Gasteiger partial charge >= 0.3 is 0 Å². The Morgan fingerprint density at radius 2 is 1.78 bits per heavy atom. The molecule has 4 heteroatoms. The summed E-state index contributed by atoms with van der Waals surface area (Å²) in [6.45, 7) is 11.4. The van der Waals surface area contributed by atoms with E-state index in [0.717, 1.165) is 25.9 Å². The second kappa shape index (κ2) is 7.74. The summed E-state index contributed by atoms with van der Waals surface area (Å²) in [7, 11) is 0. The summed E-state index contributed by atoms with van der Waals surface area (Å²) < 4.78 is 5.27. The Morgan fingerprint density at radius 3 is 2.28 bits per heavy atom. The summed E-state index contributed by atoms with van der Waals surface area (Å²) in [5.41, 5.74) is 0. The van der Waals surface area contributed by atoms with Crippen molar-refractivity contribution in [3.05, 3.63) is 0 Å². The van der Waals surface area contributed by atoms with Gasteiger partial charge in [-0.25, -0.2) is 0 Å². The fourth-order valence-corrected chi connectivity index (χ4v) is 2.66. The van der Waals surface area contributed by atoms with Gasteiger partial charge in [0.2, 0.25) is 5.91 Å². The summed E-state index contributed by atoms with van der Waals surface area (Å²) in [6.07, 6.45) is 2.31. The summed E-state index contributed by atoms with van der Waals surface area (Å²) in [5.74, 6) is 0.848. The third-order valence-corrected chi connectivity index (χ3v) is 3.96. The lowest BCUT2D eigenvalue weighted by atomic mass is 9.95. The average Bonchev–Trinajstić information content (AvgIpc) is 2.40. The largest absolute Gasteiger partial charge is 0.378 e. The molecule has 0 aromatic heterocycles. The fraction of sp³-hybridized carbons (Fsp3) is 0.929. The number of morpholine rings is 1. The van der Waals surface area contributed by atoms with Crippen molar-refractivity contribution in [2.75, 3.05) is 26.3 Å². The van der Waals surface area contributed by atoms with Crippen LogP contribution in [0.3, 0.4) is 0 Å². The van der Waals surface area contributed by atoms with Gasteiger partial charge in [-0.05, 0) is 19.8 Å². The number of hydrogen-bond acceptors (Lipinski definition) is 3. The van der Waals surface area contributed by atoms with Crippen LogP contribution in [-0.4, -0.2) is 49.2 Å². The van der Waals surface area contributed by atoms with Gasteiger partial charge in [0.25, 0.3) is 0 Å². The topological polar surface area (TPSA) is 41.6 Å². The van der Waals surface area contributed by atoms with Gasteiger partial charge in [0.05, 0.1) is 19.3 Å². The van der Waals surface area contributed by atoms with Crippen molar-refractivity contribution in [2.24, 2.45) is 5.92 Å². The Morgan fingerprint density at radius 1 is 1.22 bits per heavy atom. The second-order valence-corrected chi connectivity index (χ2v) is 5.19. The van der Waals surface area contributed by atoms with E-state index in [1.165, 1.54) is 0 Å². The van der Waals surface area contributed by atoms with Crippen LogP contribution in [0.15, 0.2) is 0 Å². The number of nitrogens with one attached hydrogen (secondary N) is 1. The average molecular weight is 256 g/mol. The number of nitrogens with zero attached hydrogens (tertiary/aromatic N) is 1. The van der Waals surface area contributed by atoms with Crippen molar-refractivity contribution in [3.63, 3.8) is 0 Å². The monoisotopic (exact) mass is 256 g/mol. The Labute approximate surface area is 111 Å². The lowest BCUT2D eigenvalue weighted by Crippen LogP contribution is -2.52. The first-order valence-electron chi connectivity index (χ1n) is 7.22. The number of carbonyl (C=O) groups is 1. The van der Waals surface area contributed by atoms with Gasteiger partial charge in [0, 0.05) is 19.1 Å². The minimum atomic E-state index is -0.0984. The number of ether oxygens (including phenoxy) is 1. The highest BCUT2D eigenvalue weighted by molar-refractivity contribution is 5.81. The third kappa shape index (κ3) is 4.25. The molecule has 106 valence electrons. The molecule has 0 aromatic rings. The minimum Gasteiger partial charge on any atom is -0.378 e. The fourth-order valence-electron chi connectivity index (χ4n) is 2.66. The second-order valence-electron chi connectivity index (χ2n) is 5.19. The van der Waals surface area contributed by atoms with Gasteiger partial charge in [0.15, 0.2) is 0 Å². The molecule has 0 saturated carbocycles. The highest BCUT2D eigenvalue weighted by Crippen LogP contribution is 2.13. The van der Waals surface area contributed by atoms with E-state index in [1.807, 2.05) is 11.8 Å². The molecular weight excluding hydrogens is 228 g/mol. The van der Waals surface area contributed by atoms with Crippen LogP contribution in [0.2, 0.25) is 0 Å². The van der Waals surface area contributed by atoms with Crippen LogP contribution in [0.1, 0.15) is 40.5 Å². The van der Waals surface area contributed by atoms with Gasteiger partial charge in [-0.1, -0.05) is 26.7 Å². The molecule has 1 heterocycles. The van der Waals surface area contributed by atoms with Crippen LogP contribution >= 0.6 is 0 Å². The van der Waals surface area contributed by atoms with E-state index < -0.39 is 0 Å². The van der Waals surface area contributed by atoms with Gasteiger partial charge in [-0.2, -0.15) is 0 Å². The SMILES string of the molecule is CCC(CC)C(C)NC(C)C(=O)N1CCOCC1. The van der Waals surface area contributed by atoms with Crippen molar-refractivity contribution in [1.29, 1.82) is 0 Å². The Balaban J connectivity index is 2.43. The molecule has 2 atom stereocenters. The summed E-state index contributed by atoms with van der Waals surface area (Å²) >= 11 is 0. The Hall–Kier alpha value is -0.610. The highest BCUT2D eigenvalue weighted by atomic mass is 16.5. The molecule has 0 aromatic carbocycles. The smallest absolute Gasteiger partial charge is 0.239 e. The summed E-state index contributed by atoms with van der Waals surface area (Å²) in [6, 6.07) is 0.290. The molecule has 0 bridgehead atoms. The molecule has 18 heavy (non-hydrogen) atoms. The molecule has 1 aliphatic heterocycles. The lowest BCUT2D eigenvalue weighted by Gasteiger charge is -2.32. The zero-order valence-corrected chi connectivity index (χ0v) is 12.2. The minimum absolute atomic E-state index is 0.0984. The number of carbonyl (C=O) groups excluding carboxylic acids is 1. The molecular formula is C14H28N2O2. The molecule has 1 saturated heterocycles. The lowest BCUT2D eigenvalue weighted by molar-refractivity contribution is -0.137. The zero-order valence-electron chi connectivity index (χ0n) is 12.2. The molecule has 4 nitrogen and oxygen atoms in total. The molecule has 1 aliphatic rings. The molecule has 1 fully saturated rings. The van der Waals surface area contributed by atoms with Crippen LogP contribution in [0, 0.1) is 5.92 Å². The molecule has 0 spiro atoms. The number of hydrogen-bond donors (Lipinski definition) is 1. The molecule has 1 amide bonds. The van der Waals surface area contributed by atoms with Crippen LogP contribution < -0.4 is 5.32 Å². The molecule has 1 N–H and O–H groups in total. The van der Waals surface area contributed by atoms with Crippen molar-refractivity contribution in [1.82, 2.24) is 10.2 Å². The van der Waals surface area contributed by atoms with E-state index >= 15 is 0 Å². The quantitative estimate of drug-likeness (QED) is 0.785. The van der Waals surface area contributed by atoms with Crippen LogP contribution in [0.25, 0.3) is 0 Å². The predicted octanol–water partition coefficient (Wildman–Crippen LogP) is 1.65. The first-order valence-corrected chi connectivity index (χ1v) is 7.22. The van der Waals surface area contributed by atoms with Crippen molar-refractivity contribution < 1.29 is 9.53 Å². The number of amides is 1. The first-order chi connectivity index (χ1) is 8.60. The van der Waals surface area contributed by atoms with Gasteiger partial charge in [-0.15, -0.1) is 0 Å². The van der Waals surface area contributed by atoms with E-state index in [4.69, 9.17) is 4.74 Å². The van der Waals surface area contributed by atoms with E-state index in [1.54, 1.807) is 0 Å². The van der Waals surface area contributed by atoms with Crippen molar-refractivity contribution >= 4 is 5.91 Å².